The van der Waals surface area contributed by atoms with Crippen LogP contribution in [0, 0.1) is 5.92 Å². The summed E-state index contributed by atoms with van der Waals surface area (Å²) in [5, 5.41) is 6.02. The number of anilines is 2. The molecule has 2 N–H and O–H groups in total. The van der Waals surface area contributed by atoms with E-state index in [-0.39, 0.29) is 12.5 Å². The van der Waals surface area contributed by atoms with Crippen molar-refractivity contribution in [2.75, 3.05) is 30.4 Å². The van der Waals surface area contributed by atoms with Gasteiger partial charge >= 0.3 is 0 Å². The summed E-state index contributed by atoms with van der Waals surface area (Å²) in [4.78, 5) is 12.2. The largest absolute Gasteiger partial charge is 0.494 e. The van der Waals surface area contributed by atoms with Gasteiger partial charge in [0.05, 0.1) is 19.8 Å². The zero-order valence-electron chi connectivity index (χ0n) is 18.6. The maximum absolute atomic E-state index is 12.2. The van der Waals surface area contributed by atoms with Crippen LogP contribution in [0.3, 0.4) is 0 Å². The zero-order valence-corrected chi connectivity index (χ0v) is 18.6. The molecule has 0 heterocycles. The van der Waals surface area contributed by atoms with Crippen molar-refractivity contribution >= 4 is 17.3 Å². The summed E-state index contributed by atoms with van der Waals surface area (Å²) in [5.74, 6) is 2.06. The highest BCUT2D eigenvalue weighted by molar-refractivity contribution is 5.93. The molecule has 0 aliphatic carbocycles. The van der Waals surface area contributed by atoms with Gasteiger partial charge in [-0.15, -0.1) is 0 Å². The van der Waals surface area contributed by atoms with E-state index in [1.807, 2.05) is 48.5 Å². The molecular weight excluding hydrogens is 376 g/mol. The second-order valence-electron chi connectivity index (χ2n) is 7.92. The number of rotatable bonds is 14. The van der Waals surface area contributed by atoms with Crippen LogP contribution in [0.2, 0.25) is 0 Å². The Kier molecular flexibility index (Phi) is 10.6. The Morgan fingerprint density at radius 2 is 1.43 bits per heavy atom. The van der Waals surface area contributed by atoms with E-state index in [2.05, 4.69) is 31.4 Å². The van der Waals surface area contributed by atoms with Crippen LogP contribution in [0.5, 0.6) is 11.5 Å². The SMILES string of the molecule is CCCCCCCOc1ccc(NC(=O)CNc2ccc(OCC(C)C)cc2)cc1. The lowest BCUT2D eigenvalue weighted by atomic mass is 10.2. The number of carbonyl (C=O) groups is 1. The van der Waals surface area contributed by atoms with Gasteiger partial charge in [-0.1, -0.05) is 46.5 Å². The number of amides is 1. The van der Waals surface area contributed by atoms with Gasteiger partial charge in [-0.2, -0.15) is 0 Å². The summed E-state index contributed by atoms with van der Waals surface area (Å²) in [5.41, 5.74) is 1.64. The second-order valence-corrected chi connectivity index (χ2v) is 7.92. The van der Waals surface area contributed by atoms with Crippen molar-refractivity contribution in [2.45, 2.75) is 52.9 Å². The molecule has 0 spiro atoms. The number of ether oxygens (including phenoxy) is 2. The smallest absolute Gasteiger partial charge is 0.243 e. The molecule has 0 radical (unpaired) electrons. The maximum atomic E-state index is 12.2. The van der Waals surface area contributed by atoms with Gasteiger partial charge < -0.3 is 20.1 Å². The molecule has 0 fully saturated rings. The lowest BCUT2D eigenvalue weighted by molar-refractivity contribution is -0.114. The molecule has 0 aromatic heterocycles. The van der Waals surface area contributed by atoms with Gasteiger partial charge in [-0.3, -0.25) is 4.79 Å². The normalized spacial score (nSPS) is 10.7. The van der Waals surface area contributed by atoms with Crippen molar-refractivity contribution < 1.29 is 14.3 Å². The third-order valence-corrected chi connectivity index (χ3v) is 4.55. The number of nitrogens with one attached hydrogen (secondary N) is 2. The Hall–Kier alpha value is -2.69. The molecule has 1 amide bonds. The summed E-state index contributed by atoms with van der Waals surface area (Å²) in [7, 11) is 0. The van der Waals surface area contributed by atoms with Crippen molar-refractivity contribution in [3.8, 4) is 11.5 Å². The quantitative estimate of drug-likeness (QED) is 0.367. The minimum Gasteiger partial charge on any atom is -0.494 e. The second kappa shape index (κ2) is 13.5. The van der Waals surface area contributed by atoms with E-state index in [0.29, 0.717) is 12.5 Å². The number of hydrogen-bond acceptors (Lipinski definition) is 4. The Labute approximate surface area is 181 Å². The number of unbranched alkanes of at least 4 members (excludes halogenated alkanes) is 4. The van der Waals surface area contributed by atoms with E-state index in [4.69, 9.17) is 9.47 Å². The van der Waals surface area contributed by atoms with Crippen LogP contribution in [0.25, 0.3) is 0 Å². The Morgan fingerprint density at radius 1 is 0.833 bits per heavy atom. The Morgan fingerprint density at radius 3 is 2.07 bits per heavy atom. The first-order chi connectivity index (χ1) is 14.6. The first-order valence-corrected chi connectivity index (χ1v) is 11.1. The Bertz CT molecular complexity index is 727. The van der Waals surface area contributed by atoms with E-state index in [1.54, 1.807) is 0 Å². The van der Waals surface area contributed by atoms with E-state index in [1.165, 1.54) is 25.7 Å². The van der Waals surface area contributed by atoms with Crippen LogP contribution in [-0.2, 0) is 4.79 Å². The van der Waals surface area contributed by atoms with E-state index in [9.17, 15) is 4.79 Å². The molecule has 164 valence electrons. The van der Waals surface area contributed by atoms with Crippen LogP contribution in [0.4, 0.5) is 11.4 Å². The van der Waals surface area contributed by atoms with Crippen molar-refractivity contribution in [3.63, 3.8) is 0 Å². The van der Waals surface area contributed by atoms with Crippen LogP contribution in [0.15, 0.2) is 48.5 Å². The average Bonchev–Trinajstić information content (AvgIpc) is 2.75. The van der Waals surface area contributed by atoms with Crippen LogP contribution < -0.4 is 20.1 Å². The predicted octanol–water partition coefficient (Wildman–Crippen LogP) is 6.12. The minimum atomic E-state index is -0.0975. The number of hydrogen-bond donors (Lipinski definition) is 2. The molecule has 5 heteroatoms. The summed E-state index contributed by atoms with van der Waals surface area (Å²) in [6, 6.07) is 15.2. The molecule has 5 nitrogen and oxygen atoms in total. The van der Waals surface area contributed by atoms with E-state index in [0.717, 1.165) is 35.9 Å². The lowest BCUT2D eigenvalue weighted by Gasteiger charge is -2.11. The first-order valence-electron chi connectivity index (χ1n) is 11.1. The van der Waals surface area contributed by atoms with E-state index >= 15 is 0 Å². The average molecular weight is 413 g/mol. The molecule has 0 bridgehead atoms. The van der Waals surface area contributed by atoms with Gasteiger partial charge in [-0.05, 0) is 60.9 Å². The molecule has 0 saturated carbocycles. The van der Waals surface area contributed by atoms with Gasteiger partial charge in [0, 0.05) is 11.4 Å². The summed E-state index contributed by atoms with van der Waals surface area (Å²) >= 11 is 0. The van der Waals surface area contributed by atoms with Crippen molar-refractivity contribution in [1.82, 2.24) is 0 Å². The van der Waals surface area contributed by atoms with Crippen LogP contribution >= 0.6 is 0 Å². The fourth-order valence-electron chi connectivity index (χ4n) is 2.85. The van der Waals surface area contributed by atoms with Crippen molar-refractivity contribution in [3.05, 3.63) is 48.5 Å². The lowest BCUT2D eigenvalue weighted by Crippen LogP contribution is -2.21. The van der Waals surface area contributed by atoms with Crippen LogP contribution in [0.1, 0.15) is 52.9 Å². The van der Waals surface area contributed by atoms with Crippen molar-refractivity contribution in [1.29, 1.82) is 0 Å². The molecule has 0 atom stereocenters. The van der Waals surface area contributed by atoms with Crippen LogP contribution in [-0.4, -0.2) is 25.7 Å². The summed E-state index contributed by atoms with van der Waals surface area (Å²) in [6.07, 6.45) is 6.11. The topological polar surface area (TPSA) is 59.6 Å². The highest BCUT2D eigenvalue weighted by atomic mass is 16.5. The third kappa shape index (κ3) is 9.68. The maximum Gasteiger partial charge on any atom is 0.243 e. The van der Waals surface area contributed by atoms with Crippen molar-refractivity contribution in [2.24, 2.45) is 5.92 Å². The predicted molar refractivity (Wildman–Crippen MR) is 125 cm³/mol. The first kappa shape index (κ1) is 23.6. The molecule has 0 unspecified atom stereocenters. The van der Waals surface area contributed by atoms with E-state index < -0.39 is 0 Å². The summed E-state index contributed by atoms with van der Waals surface area (Å²) < 4.78 is 11.4. The van der Waals surface area contributed by atoms with Gasteiger partial charge in [0.1, 0.15) is 11.5 Å². The summed E-state index contributed by atoms with van der Waals surface area (Å²) in [6.45, 7) is 8.07. The molecule has 0 aliphatic rings. The highest BCUT2D eigenvalue weighted by Crippen LogP contribution is 2.18. The minimum absolute atomic E-state index is 0.0975. The zero-order chi connectivity index (χ0) is 21.6. The third-order valence-electron chi connectivity index (χ3n) is 4.55. The number of benzene rings is 2. The molecule has 30 heavy (non-hydrogen) atoms. The molecular formula is C25H36N2O3. The Balaban J connectivity index is 1.67. The number of carbonyl (C=O) groups excluding carboxylic acids is 1. The van der Waals surface area contributed by atoms with Gasteiger partial charge in [0.15, 0.2) is 0 Å². The molecule has 2 aromatic rings. The molecule has 0 saturated heterocycles. The standard InChI is InChI=1S/C25H36N2O3/c1-4-5-6-7-8-17-29-23-15-11-22(12-16-23)27-25(28)18-26-21-9-13-24(14-10-21)30-19-20(2)3/h9-16,20,26H,4-8,17-19H2,1-3H3,(H,27,28). The highest BCUT2D eigenvalue weighted by Gasteiger charge is 2.04. The molecule has 0 aliphatic heterocycles. The fourth-order valence-corrected chi connectivity index (χ4v) is 2.85. The van der Waals surface area contributed by atoms with Gasteiger partial charge in [0.25, 0.3) is 0 Å². The van der Waals surface area contributed by atoms with Gasteiger partial charge in [0.2, 0.25) is 5.91 Å². The monoisotopic (exact) mass is 412 g/mol. The molecule has 2 aromatic carbocycles. The fraction of sp³-hybridized carbons (Fsp3) is 0.480. The van der Waals surface area contributed by atoms with Gasteiger partial charge in [-0.25, -0.2) is 0 Å². The molecule has 2 rings (SSSR count).